The molecule has 6 nitrogen and oxygen atoms in total. The number of nitrogens with one attached hydrogen (secondary N) is 1. The zero-order valence-electron chi connectivity index (χ0n) is 11.3. The van der Waals surface area contributed by atoms with Crippen LogP contribution in [0.5, 0.6) is 0 Å². The average molecular weight is 347 g/mol. The fraction of sp³-hybridized carbons (Fsp3) is 0.143. The summed E-state index contributed by atoms with van der Waals surface area (Å²) in [6, 6.07) is 6.65. The molecule has 0 spiro atoms. The third kappa shape index (κ3) is 3.01. The van der Waals surface area contributed by atoms with Gasteiger partial charge in [-0.15, -0.1) is 5.10 Å². The number of carbonyl (C=O) groups is 1. The minimum Gasteiger partial charge on any atom is -0.478 e. The number of carboxylic acid groups (broad SMARTS) is 1. The van der Waals surface area contributed by atoms with E-state index in [-0.39, 0.29) is 5.56 Å². The Labute approximate surface area is 129 Å². The Morgan fingerprint density at radius 3 is 2.67 bits per heavy atom. The van der Waals surface area contributed by atoms with Gasteiger partial charge in [0.25, 0.3) is 0 Å². The number of hydrogen-bond acceptors (Lipinski definition) is 5. The van der Waals surface area contributed by atoms with E-state index in [1.807, 2.05) is 0 Å². The summed E-state index contributed by atoms with van der Waals surface area (Å²) in [5, 5.41) is 29.1. The molecule has 0 fully saturated rings. The fourth-order valence-electron chi connectivity index (χ4n) is 1.71. The fourth-order valence-corrected chi connectivity index (χ4v) is 2.19. The number of aromatic carboxylic acids is 1. The Hall–Kier alpha value is -2.46. The Morgan fingerprint density at radius 2 is 2.10 bits per heavy atom. The van der Waals surface area contributed by atoms with Crippen LogP contribution in [-0.2, 0) is 0 Å². The highest BCUT2D eigenvalue weighted by molar-refractivity contribution is 9.10. The van der Waals surface area contributed by atoms with Crippen molar-refractivity contribution in [3.05, 3.63) is 45.1 Å². The highest BCUT2D eigenvalue weighted by Gasteiger charge is 2.13. The van der Waals surface area contributed by atoms with Gasteiger partial charge in [-0.05, 0) is 53.5 Å². The highest BCUT2D eigenvalue weighted by Crippen LogP contribution is 2.28. The standard InChI is InChI=1S/C14H11BrN4O2/c1-7-8(2)18-19-13(10(7)6-16)17-12-4-3-9(14(20)21)5-11(12)15/h3-5H,1-2H3,(H,17,19)(H,20,21). The van der Waals surface area contributed by atoms with Gasteiger partial charge in [0.15, 0.2) is 5.82 Å². The molecule has 1 aromatic heterocycles. The van der Waals surface area contributed by atoms with Crippen molar-refractivity contribution in [2.75, 3.05) is 5.32 Å². The first-order valence-corrected chi connectivity index (χ1v) is 6.77. The molecule has 0 amide bonds. The molecule has 1 heterocycles. The SMILES string of the molecule is Cc1nnc(Nc2ccc(C(=O)O)cc2Br)c(C#N)c1C. The second-order valence-electron chi connectivity index (χ2n) is 4.37. The minimum atomic E-state index is -1.01. The summed E-state index contributed by atoms with van der Waals surface area (Å²) in [5.41, 5.74) is 2.63. The average Bonchev–Trinajstić information content (AvgIpc) is 2.45. The predicted octanol–water partition coefficient (Wildman–Crippen LogP) is 3.17. The van der Waals surface area contributed by atoms with Gasteiger partial charge in [-0.1, -0.05) is 0 Å². The summed E-state index contributed by atoms with van der Waals surface area (Å²) < 4.78 is 0.561. The van der Waals surface area contributed by atoms with Gasteiger partial charge in [-0.25, -0.2) is 4.79 Å². The maximum absolute atomic E-state index is 10.9. The van der Waals surface area contributed by atoms with E-state index in [2.05, 4.69) is 37.5 Å². The summed E-state index contributed by atoms with van der Waals surface area (Å²) in [6.07, 6.45) is 0. The van der Waals surface area contributed by atoms with Crippen molar-refractivity contribution in [1.82, 2.24) is 10.2 Å². The predicted molar refractivity (Wildman–Crippen MR) is 80.6 cm³/mol. The van der Waals surface area contributed by atoms with Gasteiger partial charge in [0.1, 0.15) is 11.6 Å². The van der Waals surface area contributed by atoms with Crippen molar-refractivity contribution in [2.45, 2.75) is 13.8 Å². The number of carboxylic acids is 1. The molecule has 0 atom stereocenters. The van der Waals surface area contributed by atoms with Gasteiger partial charge >= 0.3 is 5.97 Å². The van der Waals surface area contributed by atoms with E-state index >= 15 is 0 Å². The monoisotopic (exact) mass is 346 g/mol. The van der Waals surface area contributed by atoms with E-state index in [0.29, 0.717) is 27.2 Å². The number of rotatable bonds is 3. The second kappa shape index (κ2) is 5.89. The van der Waals surface area contributed by atoms with Gasteiger partial charge in [0.2, 0.25) is 0 Å². The molecular formula is C14H11BrN4O2. The number of benzene rings is 1. The molecule has 0 unspecified atom stereocenters. The molecule has 0 aliphatic rings. The number of aromatic nitrogens is 2. The first-order valence-electron chi connectivity index (χ1n) is 5.98. The third-order valence-electron chi connectivity index (χ3n) is 3.04. The molecule has 0 bridgehead atoms. The molecule has 2 rings (SSSR count). The molecule has 0 radical (unpaired) electrons. The Balaban J connectivity index is 2.42. The first kappa shape index (κ1) is 14.9. The Bertz CT molecular complexity index is 768. The van der Waals surface area contributed by atoms with Crippen molar-refractivity contribution in [3.63, 3.8) is 0 Å². The number of nitriles is 1. The number of halogens is 1. The Morgan fingerprint density at radius 1 is 1.38 bits per heavy atom. The molecular weight excluding hydrogens is 336 g/mol. The quantitative estimate of drug-likeness (QED) is 0.885. The lowest BCUT2D eigenvalue weighted by Crippen LogP contribution is -2.04. The molecule has 7 heteroatoms. The lowest BCUT2D eigenvalue weighted by molar-refractivity contribution is 0.0697. The smallest absolute Gasteiger partial charge is 0.335 e. The molecule has 1 aromatic carbocycles. The maximum Gasteiger partial charge on any atom is 0.335 e. The number of aryl methyl sites for hydroxylation is 1. The molecule has 106 valence electrons. The van der Waals surface area contributed by atoms with Crippen molar-refractivity contribution in [1.29, 1.82) is 5.26 Å². The van der Waals surface area contributed by atoms with Crippen LogP contribution in [0.1, 0.15) is 27.2 Å². The summed E-state index contributed by atoms with van der Waals surface area (Å²) in [7, 11) is 0. The minimum absolute atomic E-state index is 0.166. The van der Waals surface area contributed by atoms with E-state index in [9.17, 15) is 10.1 Å². The van der Waals surface area contributed by atoms with E-state index in [4.69, 9.17) is 5.11 Å². The molecule has 0 saturated heterocycles. The summed E-state index contributed by atoms with van der Waals surface area (Å²) in [4.78, 5) is 10.9. The third-order valence-corrected chi connectivity index (χ3v) is 3.69. The summed E-state index contributed by atoms with van der Waals surface area (Å²) >= 11 is 3.30. The van der Waals surface area contributed by atoms with E-state index in [0.717, 1.165) is 5.56 Å². The van der Waals surface area contributed by atoms with E-state index in [1.165, 1.54) is 12.1 Å². The van der Waals surface area contributed by atoms with Gasteiger partial charge in [-0.3, -0.25) is 0 Å². The number of anilines is 2. The maximum atomic E-state index is 10.9. The van der Waals surface area contributed by atoms with Crippen LogP contribution in [0.25, 0.3) is 0 Å². The topological polar surface area (TPSA) is 98.9 Å². The molecule has 21 heavy (non-hydrogen) atoms. The van der Waals surface area contributed by atoms with Crippen LogP contribution in [0, 0.1) is 25.2 Å². The van der Waals surface area contributed by atoms with Gasteiger partial charge < -0.3 is 10.4 Å². The first-order chi connectivity index (χ1) is 9.93. The van der Waals surface area contributed by atoms with Crippen LogP contribution in [0.4, 0.5) is 11.5 Å². The van der Waals surface area contributed by atoms with Gasteiger partial charge in [0, 0.05) is 4.47 Å². The largest absolute Gasteiger partial charge is 0.478 e. The van der Waals surface area contributed by atoms with Crippen LogP contribution >= 0.6 is 15.9 Å². The highest BCUT2D eigenvalue weighted by atomic mass is 79.9. The van der Waals surface area contributed by atoms with Crippen LogP contribution in [0.2, 0.25) is 0 Å². The van der Waals surface area contributed by atoms with Crippen molar-refractivity contribution >= 4 is 33.4 Å². The van der Waals surface area contributed by atoms with E-state index < -0.39 is 5.97 Å². The van der Waals surface area contributed by atoms with Crippen LogP contribution in [0.15, 0.2) is 22.7 Å². The van der Waals surface area contributed by atoms with Crippen molar-refractivity contribution in [3.8, 4) is 6.07 Å². The normalized spacial score (nSPS) is 10.0. The zero-order chi connectivity index (χ0) is 15.6. The molecule has 0 aliphatic heterocycles. The molecule has 0 aliphatic carbocycles. The Kier molecular flexibility index (Phi) is 4.19. The lowest BCUT2D eigenvalue weighted by Gasteiger charge is -2.11. The molecule has 2 aromatic rings. The second-order valence-corrected chi connectivity index (χ2v) is 5.22. The van der Waals surface area contributed by atoms with Crippen LogP contribution in [0.3, 0.4) is 0 Å². The van der Waals surface area contributed by atoms with E-state index in [1.54, 1.807) is 19.9 Å². The molecule has 2 N–H and O–H groups in total. The van der Waals surface area contributed by atoms with Crippen LogP contribution in [-0.4, -0.2) is 21.3 Å². The van der Waals surface area contributed by atoms with Crippen molar-refractivity contribution < 1.29 is 9.90 Å². The summed E-state index contributed by atoms with van der Waals surface area (Å²) in [5.74, 6) is -0.671. The number of hydrogen-bond donors (Lipinski definition) is 2. The van der Waals surface area contributed by atoms with Crippen molar-refractivity contribution in [2.24, 2.45) is 0 Å². The summed E-state index contributed by atoms with van der Waals surface area (Å²) in [6.45, 7) is 3.58. The molecule has 0 saturated carbocycles. The van der Waals surface area contributed by atoms with Gasteiger partial charge in [0.05, 0.1) is 16.9 Å². The van der Waals surface area contributed by atoms with Gasteiger partial charge in [-0.2, -0.15) is 10.4 Å². The lowest BCUT2D eigenvalue weighted by atomic mass is 10.1. The number of nitrogens with zero attached hydrogens (tertiary/aromatic N) is 3. The zero-order valence-corrected chi connectivity index (χ0v) is 12.9. The van der Waals surface area contributed by atoms with Crippen LogP contribution < -0.4 is 5.32 Å².